The zero-order chi connectivity index (χ0) is 15.4. The molecule has 0 aliphatic rings. The molecule has 0 aliphatic carbocycles. The molecular weight excluding hydrogens is 274 g/mol. The number of rotatable bonds is 5. The lowest BCUT2D eigenvalue weighted by atomic mass is 10.1. The number of aliphatic hydroxyl groups excluding tert-OH is 1. The normalized spacial score (nSPS) is 13.7. The second kappa shape index (κ2) is 6.38. The predicted molar refractivity (Wildman–Crippen MR) is 66.2 cm³/mol. The van der Waals surface area contributed by atoms with Gasteiger partial charge in [0.25, 0.3) is 5.91 Å². The molecule has 110 valence electrons. The second-order valence-electron chi connectivity index (χ2n) is 4.50. The number of carbonyl (C=O) groups is 1. The van der Waals surface area contributed by atoms with E-state index in [0.717, 1.165) is 0 Å². The minimum atomic E-state index is -1.35. The summed E-state index contributed by atoms with van der Waals surface area (Å²) in [4.78, 5) is 21.3. The van der Waals surface area contributed by atoms with Gasteiger partial charge in [-0.3, -0.25) is 14.9 Å². The molecule has 6 nitrogen and oxygen atoms in total. The lowest BCUT2D eigenvalue weighted by Crippen LogP contribution is -2.35. The number of nitrogens with zero attached hydrogens (tertiary/aromatic N) is 1. The lowest BCUT2D eigenvalue weighted by Gasteiger charge is -2.15. The molecule has 2 atom stereocenters. The highest BCUT2D eigenvalue weighted by atomic mass is 19.1. The zero-order valence-corrected chi connectivity index (χ0v) is 10.9. The van der Waals surface area contributed by atoms with Gasteiger partial charge < -0.3 is 10.4 Å². The fourth-order valence-corrected chi connectivity index (χ4v) is 1.72. The number of aliphatic hydroxyl groups is 1. The number of carbonyl (C=O) groups excluding carboxylic acids is 1. The minimum absolute atomic E-state index is 0.233. The van der Waals surface area contributed by atoms with E-state index in [9.17, 15) is 23.7 Å². The highest BCUT2D eigenvalue weighted by molar-refractivity contribution is 5.95. The first-order chi connectivity index (χ1) is 9.22. The summed E-state index contributed by atoms with van der Waals surface area (Å²) >= 11 is 0. The summed E-state index contributed by atoms with van der Waals surface area (Å²) in [5.74, 6) is -3.44. The topological polar surface area (TPSA) is 92.5 Å². The highest BCUT2D eigenvalue weighted by Crippen LogP contribution is 2.21. The minimum Gasteiger partial charge on any atom is -0.393 e. The number of nitrogens with one attached hydrogen (secondary N) is 1. The van der Waals surface area contributed by atoms with Crippen molar-refractivity contribution in [1.29, 1.82) is 0 Å². The van der Waals surface area contributed by atoms with Gasteiger partial charge in [-0.2, -0.15) is 4.39 Å². The average molecular weight is 288 g/mol. The van der Waals surface area contributed by atoms with Gasteiger partial charge in [0.1, 0.15) is 5.82 Å². The third kappa shape index (κ3) is 3.95. The van der Waals surface area contributed by atoms with Crippen LogP contribution in [0.15, 0.2) is 12.1 Å². The van der Waals surface area contributed by atoms with E-state index in [-0.39, 0.29) is 6.42 Å². The average Bonchev–Trinajstić information content (AvgIpc) is 2.26. The van der Waals surface area contributed by atoms with Crippen molar-refractivity contribution < 1.29 is 23.6 Å². The van der Waals surface area contributed by atoms with Crippen molar-refractivity contribution in [1.82, 2.24) is 5.32 Å². The van der Waals surface area contributed by atoms with Crippen molar-refractivity contribution in [3.63, 3.8) is 0 Å². The molecule has 0 aliphatic heterocycles. The number of halogens is 2. The first-order valence-electron chi connectivity index (χ1n) is 5.84. The SMILES string of the molecule is CC(O)CC(C)NC(=O)c1cc([N+](=O)[O-])c(F)cc1F. The first-order valence-corrected chi connectivity index (χ1v) is 5.84. The number of nitro benzene ring substituents is 1. The van der Waals surface area contributed by atoms with Crippen molar-refractivity contribution in [2.24, 2.45) is 0 Å². The summed E-state index contributed by atoms with van der Waals surface area (Å²) in [7, 11) is 0. The van der Waals surface area contributed by atoms with E-state index in [1.807, 2.05) is 0 Å². The van der Waals surface area contributed by atoms with E-state index in [1.54, 1.807) is 6.92 Å². The van der Waals surface area contributed by atoms with Crippen LogP contribution in [0, 0.1) is 21.7 Å². The van der Waals surface area contributed by atoms with Gasteiger partial charge in [0.05, 0.1) is 16.6 Å². The maximum absolute atomic E-state index is 13.5. The molecular formula is C12H14F2N2O4. The molecule has 0 radical (unpaired) electrons. The van der Waals surface area contributed by atoms with Crippen LogP contribution in [0.25, 0.3) is 0 Å². The molecule has 20 heavy (non-hydrogen) atoms. The van der Waals surface area contributed by atoms with E-state index in [4.69, 9.17) is 5.11 Å². The zero-order valence-electron chi connectivity index (χ0n) is 10.9. The standard InChI is InChI=1S/C12H14F2N2O4/c1-6(3-7(2)17)15-12(18)8-4-11(16(19)20)10(14)5-9(8)13/h4-7,17H,3H2,1-2H3,(H,15,18). The van der Waals surface area contributed by atoms with Gasteiger partial charge in [0, 0.05) is 18.2 Å². The second-order valence-corrected chi connectivity index (χ2v) is 4.50. The molecule has 0 heterocycles. The molecule has 1 aromatic carbocycles. The molecule has 1 rings (SSSR count). The lowest BCUT2D eigenvalue weighted by molar-refractivity contribution is -0.387. The van der Waals surface area contributed by atoms with Crippen LogP contribution >= 0.6 is 0 Å². The fraction of sp³-hybridized carbons (Fsp3) is 0.417. The van der Waals surface area contributed by atoms with Gasteiger partial charge in [0.2, 0.25) is 5.82 Å². The van der Waals surface area contributed by atoms with Gasteiger partial charge in [-0.25, -0.2) is 4.39 Å². The third-order valence-corrected chi connectivity index (χ3v) is 2.55. The Labute approximate surface area is 113 Å². The Morgan fingerprint density at radius 2 is 2.00 bits per heavy atom. The number of hydrogen-bond acceptors (Lipinski definition) is 4. The van der Waals surface area contributed by atoms with Crippen molar-refractivity contribution in [3.05, 3.63) is 39.4 Å². The van der Waals surface area contributed by atoms with Crippen LogP contribution in [0.2, 0.25) is 0 Å². The third-order valence-electron chi connectivity index (χ3n) is 2.55. The van der Waals surface area contributed by atoms with Crippen LogP contribution in [0.5, 0.6) is 0 Å². The van der Waals surface area contributed by atoms with E-state index in [2.05, 4.69) is 5.32 Å². The molecule has 1 amide bonds. The van der Waals surface area contributed by atoms with E-state index < -0.39 is 45.9 Å². The van der Waals surface area contributed by atoms with E-state index in [1.165, 1.54) is 6.92 Å². The Balaban J connectivity index is 2.98. The Morgan fingerprint density at radius 3 is 2.50 bits per heavy atom. The number of benzene rings is 1. The van der Waals surface area contributed by atoms with Crippen LogP contribution in [0.3, 0.4) is 0 Å². The van der Waals surface area contributed by atoms with Crippen LogP contribution in [0.4, 0.5) is 14.5 Å². The van der Waals surface area contributed by atoms with Crippen LogP contribution in [0.1, 0.15) is 30.6 Å². The smallest absolute Gasteiger partial charge is 0.305 e. The molecule has 0 aromatic heterocycles. The van der Waals surface area contributed by atoms with Crippen molar-refractivity contribution >= 4 is 11.6 Å². The molecule has 2 N–H and O–H groups in total. The van der Waals surface area contributed by atoms with Crippen LogP contribution in [-0.2, 0) is 0 Å². The molecule has 8 heteroatoms. The van der Waals surface area contributed by atoms with Gasteiger partial charge in [-0.15, -0.1) is 0 Å². The Hall–Kier alpha value is -2.09. The molecule has 0 spiro atoms. The van der Waals surface area contributed by atoms with Crippen molar-refractivity contribution in [2.75, 3.05) is 0 Å². The largest absolute Gasteiger partial charge is 0.393 e. The monoisotopic (exact) mass is 288 g/mol. The Bertz CT molecular complexity index is 534. The Kier molecular flexibility index (Phi) is 5.09. The molecule has 0 fully saturated rings. The van der Waals surface area contributed by atoms with Gasteiger partial charge in [-0.05, 0) is 20.3 Å². The van der Waals surface area contributed by atoms with Crippen molar-refractivity contribution in [3.8, 4) is 0 Å². The first kappa shape index (κ1) is 16.0. The fourth-order valence-electron chi connectivity index (χ4n) is 1.72. The molecule has 0 bridgehead atoms. The summed E-state index contributed by atoms with van der Waals surface area (Å²) < 4.78 is 26.6. The molecule has 2 unspecified atom stereocenters. The van der Waals surface area contributed by atoms with Crippen LogP contribution < -0.4 is 5.32 Å². The van der Waals surface area contributed by atoms with E-state index in [0.29, 0.717) is 12.1 Å². The Morgan fingerprint density at radius 1 is 1.40 bits per heavy atom. The quantitative estimate of drug-likeness (QED) is 0.638. The molecule has 1 aromatic rings. The molecule has 0 saturated carbocycles. The highest BCUT2D eigenvalue weighted by Gasteiger charge is 2.23. The summed E-state index contributed by atoms with van der Waals surface area (Å²) in [6.45, 7) is 3.10. The number of amides is 1. The molecule has 0 saturated heterocycles. The van der Waals surface area contributed by atoms with Gasteiger partial charge in [0.15, 0.2) is 0 Å². The summed E-state index contributed by atoms with van der Waals surface area (Å²) in [6, 6.07) is 0.382. The number of nitro groups is 1. The van der Waals surface area contributed by atoms with Gasteiger partial charge in [-0.1, -0.05) is 0 Å². The summed E-state index contributed by atoms with van der Waals surface area (Å²) in [6.07, 6.45) is -0.436. The van der Waals surface area contributed by atoms with Crippen molar-refractivity contribution in [2.45, 2.75) is 32.4 Å². The maximum atomic E-state index is 13.5. The number of hydrogen-bond donors (Lipinski definition) is 2. The van der Waals surface area contributed by atoms with Gasteiger partial charge >= 0.3 is 5.69 Å². The summed E-state index contributed by atoms with van der Waals surface area (Å²) in [5.41, 5.74) is -1.59. The predicted octanol–water partition coefficient (Wildman–Crippen LogP) is 1.76. The summed E-state index contributed by atoms with van der Waals surface area (Å²) in [5, 5.41) is 22.1. The van der Waals surface area contributed by atoms with E-state index >= 15 is 0 Å². The maximum Gasteiger partial charge on any atom is 0.305 e. The van der Waals surface area contributed by atoms with Crippen LogP contribution in [-0.4, -0.2) is 28.1 Å².